The smallest absolute Gasteiger partial charge is 0.310 e. The van der Waals surface area contributed by atoms with Gasteiger partial charge in [-0.15, -0.1) is 11.3 Å². The summed E-state index contributed by atoms with van der Waals surface area (Å²) in [6.07, 6.45) is 2.04. The van der Waals surface area contributed by atoms with Gasteiger partial charge >= 0.3 is 5.97 Å². The third-order valence-electron chi connectivity index (χ3n) is 1.41. The van der Waals surface area contributed by atoms with Crippen LogP contribution in [0.15, 0.2) is 5.38 Å². The Labute approximate surface area is 75.1 Å². The zero-order valence-electron chi connectivity index (χ0n) is 6.91. The number of thiazole rings is 1. The zero-order chi connectivity index (χ0) is 8.97. The molecule has 0 radical (unpaired) electrons. The number of carbonyl (C=O) groups is 1. The van der Waals surface area contributed by atoms with Crippen molar-refractivity contribution < 1.29 is 9.90 Å². The highest BCUT2D eigenvalue weighted by Crippen LogP contribution is 2.11. The Hall–Kier alpha value is -0.900. The lowest BCUT2D eigenvalue weighted by Crippen LogP contribution is -1.99. The van der Waals surface area contributed by atoms with E-state index in [0.717, 1.165) is 18.5 Å². The van der Waals surface area contributed by atoms with Crippen LogP contribution >= 0.6 is 11.3 Å². The van der Waals surface area contributed by atoms with Gasteiger partial charge < -0.3 is 5.11 Å². The highest BCUT2D eigenvalue weighted by Gasteiger charge is 2.04. The summed E-state index contributed by atoms with van der Waals surface area (Å²) in [6, 6.07) is 0. The Morgan fingerprint density at radius 2 is 2.50 bits per heavy atom. The molecule has 0 saturated heterocycles. The molecule has 0 aliphatic carbocycles. The fourth-order valence-corrected chi connectivity index (χ4v) is 1.75. The van der Waals surface area contributed by atoms with E-state index in [9.17, 15) is 4.79 Å². The molecule has 0 spiro atoms. The Morgan fingerprint density at radius 1 is 1.75 bits per heavy atom. The minimum Gasteiger partial charge on any atom is -0.481 e. The fourth-order valence-electron chi connectivity index (χ4n) is 0.930. The fraction of sp³-hybridized carbons (Fsp3) is 0.500. The quantitative estimate of drug-likeness (QED) is 0.777. The molecule has 1 aromatic heterocycles. The van der Waals surface area contributed by atoms with Gasteiger partial charge in [-0.1, -0.05) is 13.3 Å². The second-order valence-corrected chi connectivity index (χ2v) is 3.50. The van der Waals surface area contributed by atoms with E-state index in [4.69, 9.17) is 5.11 Å². The van der Waals surface area contributed by atoms with Crippen molar-refractivity contribution in [1.29, 1.82) is 0 Å². The maximum atomic E-state index is 10.3. The van der Waals surface area contributed by atoms with Crippen molar-refractivity contribution in [3.05, 3.63) is 16.1 Å². The van der Waals surface area contributed by atoms with Crippen LogP contribution in [0.5, 0.6) is 0 Å². The summed E-state index contributed by atoms with van der Waals surface area (Å²) in [5, 5.41) is 11.1. The molecule has 1 N–H and O–H groups in total. The van der Waals surface area contributed by atoms with Crippen molar-refractivity contribution in [1.82, 2.24) is 4.98 Å². The molecule has 12 heavy (non-hydrogen) atoms. The van der Waals surface area contributed by atoms with Gasteiger partial charge in [0.2, 0.25) is 0 Å². The van der Waals surface area contributed by atoms with Crippen LogP contribution in [0.25, 0.3) is 0 Å². The summed E-state index contributed by atoms with van der Waals surface area (Å²) in [7, 11) is 0. The number of carboxylic acids is 1. The summed E-state index contributed by atoms with van der Waals surface area (Å²) >= 11 is 1.43. The number of rotatable bonds is 4. The van der Waals surface area contributed by atoms with E-state index >= 15 is 0 Å². The lowest BCUT2D eigenvalue weighted by molar-refractivity contribution is -0.136. The van der Waals surface area contributed by atoms with Crippen LogP contribution in [0.1, 0.15) is 24.0 Å². The van der Waals surface area contributed by atoms with Crippen LogP contribution < -0.4 is 0 Å². The van der Waals surface area contributed by atoms with Gasteiger partial charge in [0.25, 0.3) is 0 Å². The molecule has 0 aromatic carbocycles. The van der Waals surface area contributed by atoms with Gasteiger partial charge in [0.15, 0.2) is 0 Å². The SMILES string of the molecule is CCCc1csc(CC(=O)O)n1. The van der Waals surface area contributed by atoms with E-state index in [1.165, 1.54) is 11.3 Å². The van der Waals surface area contributed by atoms with Gasteiger partial charge in [-0.3, -0.25) is 4.79 Å². The molecule has 3 nitrogen and oxygen atoms in total. The molecule has 1 aromatic rings. The van der Waals surface area contributed by atoms with E-state index in [1.54, 1.807) is 0 Å². The topological polar surface area (TPSA) is 50.2 Å². The van der Waals surface area contributed by atoms with Gasteiger partial charge in [-0.2, -0.15) is 0 Å². The third kappa shape index (κ3) is 2.62. The molecular formula is C8H11NO2S. The second kappa shape index (κ2) is 4.21. The van der Waals surface area contributed by atoms with Gasteiger partial charge in [-0.25, -0.2) is 4.98 Å². The van der Waals surface area contributed by atoms with Gasteiger partial charge in [0, 0.05) is 5.38 Å². The highest BCUT2D eigenvalue weighted by atomic mass is 32.1. The number of aliphatic carboxylic acids is 1. The molecule has 66 valence electrons. The molecule has 0 fully saturated rings. The number of aryl methyl sites for hydroxylation is 1. The van der Waals surface area contributed by atoms with E-state index in [0.29, 0.717) is 5.01 Å². The molecule has 0 unspecified atom stereocenters. The van der Waals surface area contributed by atoms with Crippen LogP contribution in [0, 0.1) is 0 Å². The predicted molar refractivity (Wildman–Crippen MR) is 47.4 cm³/mol. The summed E-state index contributed by atoms with van der Waals surface area (Å²) in [6.45, 7) is 2.08. The number of hydrogen-bond donors (Lipinski definition) is 1. The maximum Gasteiger partial charge on any atom is 0.310 e. The number of nitrogens with zero attached hydrogens (tertiary/aromatic N) is 1. The molecule has 0 aliphatic rings. The van der Waals surface area contributed by atoms with Crippen LogP contribution in [0.4, 0.5) is 0 Å². The minimum atomic E-state index is -0.813. The molecule has 0 aliphatic heterocycles. The molecule has 4 heteroatoms. The first-order chi connectivity index (χ1) is 5.72. The third-order valence-corrected chi connectivity index (χ3v) is 2.31. The molecule has 0 saturated carbocycles. The average molecular weight is 185 g/mol. The summed E-state index contributed by atoms with van der Waals surface area (Å²) in [5.41, 5.74) is 1.01. The zero-order valence-corrected chi connectivity index (χ0v) is 7.73. The van der Waals surface area contributed by atoms with Crippen LogP contribution in [-0.4, -0.2) is 16.1 Å². The van der Waals surface area contributed by atoms with Crippen molar-refractivity contribution in [2.75, 3.05) is 0 Å². The van der Waals surface area contributed by atoms with Gasteiger partial charge in [0.1, 0.15) is 5.01 Å². The molecule has 0 atom stereocenters. The Morgan fingerprint density at radius 3 is 3.08 bits per heavy atom. The first-order valence-electron chi connectivity index (χ1n) is 3.87. The molecule has 0 amide bonds. The van der Waals surface area contributed by atoms with Crippen molar-refractivity contribution >= 4 is 17.3 Å². The predicted octanol–water partition coefficient (Wildman–Crippen LogP) is 1.72. The standard InChI is InChI=1S/C8H11NO2S/c1-2-3-6-5-12-7(9-6)4-8(10)11/h5H,2-4H2,1H3,(H,10,11). The van der Waals surface area contributed by atoms with Crippen LogP contribution in [0.3, 0.4) is 0 Å². The van der Waals surface area contributed by atoms with Crippen molar-refractivity contribution in [3.8, 4) is 0 Å². The average Bonchev–Trinajstić information content (AvgIpc) is 2.36. The van der Waals surface area contributed by atoms with Crippen molar-refractivity contribution in [2.45, 2.75) is 26.2 Å². The second-order valence-electron chi connectivity index (χ2n) is 2.55. The highest BCUT2D eigenvalue weighted by molar-refractivity contribution is 7.09. The first-order valence-corrected chi connectivity index (χ1v) is 4.75. The van der Waals surface area contributed by atoms with Crippen molar-refractivity contribution in [2.24, 2.45) is 0 Å². The Bertz CT molecular complexity index is 270. The normalized spacial score (nSPS) is 10.1. The van der Waals surface area contributed by atoms with E-state index in [2.05, 4.69) is 11.9 Å². The van der Waals surface area contributed by atoms with E-state index < -0.39 is 5.97 Å². The van der Waals surface area contributed by atoms with Gasteiger partial charge in [-0.05, 0) is 6.42 Å². The first kappa shape index (κ1) is 9.19. The monoisotopic (exact) mass is 185 g/mol. The van der Waals surface area contributed by atoms with Crippen molar-refractivity contribution in [3.63, 3.8) is 0 Å². The minimum absolute atomic E-state index is 0.0500. The number of hydrogen-bond acceptors (Lipinski definition) is 3. The van der Waals surface area contributed by atoms with Gasteiger partial charge in [0.05, 0.1) is 12.1 Å². The van der Waals surface area contributed by atoms with E-state index in [1.807, 2.05) is 5.38 Å². The molecule has 1 heterocycles. The molecule has 0 bridgehead atoms. The summed E-state index contributed by atoms with van der Waals surface area (Å²) < 4.78 is 0. The van der Waals surface area contributed by atoms with Crippen LogP contribution in [-0.2, 0) is 17.6 Å². The number of aromatic nitrogens is 1. The molecule has 1 rings (SSSR count). The summed E-state index contributed by atoms with van der Waals surface area (Å²) in [5.74, 6) is -0.813. The number of carboxylic acid groups (broad SMARTS) is 1. The van der Waals surface area contributed by atoms with Crippen LogP contribution in [0.2, 0.25) is 0 Å². The molecular weight excluding hydrogens is 174 g/mol. The lowest BCUT2D eigenvalue weighted by atomic mass is 10.3. The van der Waals surface area contributed by atoms with E-state index in [-0.39, 0.29) is 6.42 Å². The lowest BCUT2D eigenvalue weighted by Gasteiger charge is -1.88. The Kier molecular flexibility index (Phi) is 3.22. The maximum absolute atomic E-state index is 10.3. The summed E-state index contributed by atoms with van der Waals surface area (Å²) in [4.78, 5) is 14.5. The Balaban J connectivity index is 2.58. The largest absolute Gasteiger partial charge is 0.481 e.